The van der Waals surface area contributed by atoms with Gasteiger partial charge in [-0.25, -0.2) is 17.1 Å². The van der Waals surface area contributed by atoms with E-state index in [0.29, 0.717) is 19.6 Å². The van der Waals surface area contributed by atoms with E-state index in [1.165, 1.54) is 22.7 Å². The van der Waals surface area contributed by atoms with Gasteiger partial charge in [0.2, 0.25) is 10.0 Å². The van der Waals surface area contributed by atoms with Crippen LogP contribution in [0.1, 0.15) is 18.4 Å². The second-order valence-electron chi connectivity index (χ2n) is 5.09. The van der Waals surface area contributed by atoms with Crippen LogP contribution >= 0.6 is 15.9 Å². The van der Waals surface area contributed by atoms with Crippen LogP contribution in [0.4, 0.5) is 4.39 Å². The molecule has 0 spiro atoms. The Morgan fingerprint density at radius 1 is 1.35 bits per heavy atom. The maximum Gasteiger partial charge on any atom is 0.211 e. The molecule has 1 aromatic carbocycles. The largest absolute Gasteiger partial charge is 0.310 e. The van der Waals surface area contributed by atoms with Crippen LogP contribution in [0.3, 0.4) is 0 Å². The van der Waals surface area contributed by atoms with Gasteiger partial charge in [0.25, 0.3) is 0 Å². The van der Waals surface area contributed by atoms with Crippen molar-refractivity contribution >= 4 is 26.0 Å². The molecule has 112 valence electrons. The van der Waals surface area contributed by atoms with Crippen LogP contribution in [0.5, 0.6) is 0 Å². The Morgan fingerprint density at radius 3 is 2.55 bits per heavy atom. The molecule has 1 heterocycles. The highest BCUT2D eigenvalue weighted by atomic mass is 79.9. The molecule has 2 rings (SSSR count). The monoisotopic (exact) mass is 364 g/mol. The second-order valence-corrected chi connectivity index (χ2v) is 7.99. The lowest BCUT2D eigenvalue weighted by atomic mass is 10.1. The lowest BCUT2D eigenvalue weighted by Gasteiger charge is -2.30. The molecule has 20 heavy (non-hydrogen) atoms. The zero-order valence-corrected chi connectivity index (χ0v) is 13.7. The first-order chi connectivity index (χ1) is 9.34. The first kappa shape index (κ1) is 15.9. The van der Waals surface area contributed by atoms with Crippen LogP contribution in [-0.4, -0.2) is 38.1 Å². The number of piperidine rings is 1. The first-order valence-corrected chi connectivity index (χ1v) is 9.12. The van der Waals surface area contributed by atoms with Gasteiger partial charge >= 0.3 is 0 Å². The summed E-state index contributed by atoms with van der Waals surface area (Å²) in [5, 5.41) is 3.36. The Bertz CT molecular complexity index is 551. The lowest BCUT2D eigenvalue weighted by Crippen LogP contribution is -2.44. The van der Waals surface area contributed by atoms with Gasteiger partial charge in [-0.05, 0) is 36.6 Å². The minimum atomic E-state index is -3.08. The molecule has 1 saturated heterocycles. The van der Waals surface area contributed by atoms with Gasteiger partial charge in [0.1, 0.15) is 5.82 Å². The highest BCUT2D eigenvalue weighted by molar-refractivity contribution is 9.10. The molecular formula is C13H18BrFN2O2S. The van der Waals surface area contributed by atoms with Crippen molar-refractivity contribution in [2.24, 2.45) is 0 Å². The number of benzene rings is 1. The summed E-state index contributed by atoms with van der Waals surface area (Å²) in [7, 11) is -3.08. The van der Waals surface area contributed by atoms with Crippen LogP contribution in [-0.2, 0) is 16.6 Å². The molecule has 0 saturated carbocycles. The molecule has 0 atom stereocenters. The molecule has 0 aromatic heterocycles. The summed E-state index contributed by atoms with van der Waals surface area (Å²) in [5.74, 6) is -0.261. The quantitative estimate of drug-likeness (QED) is 0.889. The van der Waals surface area contributed by atoms with Crippen molar-refractivity contribution in [3.05, 3.63) is 34.1 Å². The third-order valence-corrected chi connectivity index (χ3v) is 5.20. The molecule has 0 unspecified atom stereocenters. The Labute approximate surface area is 127 Å². The van der Waals surface area contributed by atoms with E-state index in [1.54, 1.807) is 0 Å². The molecule has 0 amide bonds. The summed E-state index contributed by atoms with van der Waals surface area (Å²) in [6, 6.07) is 5.08. The fourth-order valence-electron chi connectivity index (χ4n) is 2.37. The maximum atomic E-state index is 13.2. The summed E-state index contributed by atoms with van der Waals surface area (Å²) in [5.41, 5.74) is 0.877. The topological polar surface area (TPSA) is 49.4 Å². The Kier molecular flexibility index (Phi) is 5.17. The summed E-state index contributed by atoms with van der Waals surface area (Å²) >= 11 is 3.27. The van der Waals surface area contributed by atoms with Crippen molar-refractivity contribution in [2.75, 3.05) is 19.3 Å². The first-order valence-electron chi connectivity index (χ1n) is 6.48. The zero-order chi connectivity index (χ0) is 14.8. The van der Waals surface area contributed by atoms with E-state index in [-0.39, 0.29) is 11.9 Å². The summed E-state index contributed by atoms with van der Waals surface area (Å²) < 4.78 is 38.3. The molecule has 0 aliphatic carbocycles. The van der Waals surface area contributed by atoms with Gasteiger partial charge in [0, 0.05) is 30.1 Å². The standard InChI is InChI=1S/C13H18BrFN2O2S/c1-20(18,19)17-4-2-13(3-5-17)16-9-10-6-11(14)8-12(15)7-10/h6-8,13,16H,2-5,9H2,1H3. The molecule has 7 heteroatoms. The predicted molar refractivity (Wildman–Crippen MR) is 80.4 cm³/mol. The minimum absolute atomic E-state index is 0.261. The van der Waals surface area contributed by atoms with Crippen LogP contribution in [0, 0.1) is 5.82 Å². The van der Waals surface area contributed by atoms with Crippen molar-refractivity contribution in [3.8, 4) is 0 Å². The molecule has 4 nitrogen and oxygen atoms in total. The van der Waals surface area contributed by atoms with Crippen LogP contribution < -0.4 is 5.32 Å². The zero-order valence-electron chi connectivity index (χ0n) is 11.3. The average Bonchev–Trinajstić information content (AvgIpc) is 2.35. The highest BCUT2D eigenvalue weighted by Gasteiger charge is 2.24. The highest BCUT2D eigenvalue weighted by Crippen LogP contribution is 2.17. The number of halogens is 2. The Hall–Kier alpha value is -0.500. The number of hydrogen-bond donors (Lipinski definition) is 1. The molecule has 0 bridgehead atoms. The van der Waals surface area contributed by atoms with Crippen LogP contribution in [0.2, 0.25) is 0 Å². The van der Waals surface area contributed by atoms with Crippen LogP contribution in [0.15, 0.2) is 22.7 Å². The van der Waals surface area contributed by atoms with E-state index < -0.39 is 10.0 Å². The number of nitrogens with zero attached hydrogens (tertiary/aromatic N) is 1. The SMILES string of the molecule is CS(=O)(=O)N1CCC(NCc2cc(F)cc(Br)c2)CC1. The predicted octanol–water partition coefficient (Wildman–Crippen LogP) is 2.10. The Balaban J connectivity index is 1.84. The smallest absolute Gasteiger partial charge is 0.211 e. The number of nitrogens with one attached hydrogen (secondary N) is 1. The van der Waals surface area contributed by atoms with Gasteiger partial charge in [-0.2, -0.15) is 0 Å². The van der Waals surface area contributed by atoms with Gasteiger partial charge in [-0.3, -0.25) is 0 Å². The van der Waals surface area contributed by atoms with Gasteiger partial charge in [-0.1, -0.05) is 15.9 Å². The van der Waals surface area contributed by atoms with Crippen molar-refractivity contribution in [1.29, 1.82) is 0 Å². The van der Waals surface area contributed by atoms with Crippen molar-refractivity contribution in [3.63, 3.8) is 0 Å². The summed E-state index contributed by atoms with van der Waals surface area (Å²) in [6.45, 7) is 1.67. The maximum absolute atomic E-state index is 13.2. The lowest BCUT2D eigenvalue weighted by molar-refractivity contribution is 0.290. The molecule has 0 radical (unpaired) electrons. The van der Waals surface area contributed by atoms with E-state index in [2.05, 4.69) is 21.2 Å². The fraction of sp³-hybridized carbons (Fsp3) is 0.538. The van der Waals surface area contributed by atoms with E-state index in [1.807, 2.05) is 6.07 Å². The van der Waals surface area contributed by atoms with Crippen molar-refractivity contribution in [2.45, 2.75) is 25.4 Å². The van der Waals surface area contributed by atoms with E-state index in [0.717, 1.165) is 22.9 Å². The van der Waals surface area contributed by atoms with E-state index >= 15 is 0 Å². The van der Waals surface area contributed by atoms with Gasteiger partial charge < -0.3 is 5.32 Å². The average molecular weight is 365 g/mol. The molecule has 1 fully saturated rings. The molecule has 1 N–H and O–H groups in total. The Morgan fingerprint density at radius 2 is 2.00 bits per heavy atom. The third-order valence-electron chi connectivity index (χ3n) is 3.44. The summed E-state index contributed by atoms with van der Waals surface area (Å²) in [6.07, 6.45) is 2.80. The van der Waals surface area contributed by atoms with E-state index in [9.17, 15) is 12.8 Å². The number of hydrogen-bond acceptors (Lipinski definition) is 3. The molecular weight excluding hydrogens is 347 g/mol. The third kappa shape index (κ3) is 4.51. The summed E-state index contributed by atoms with van der Waals surface area (Å²) in [4.78, 5) is 0. The fourth-order valence-corrected chi connectivity index (χ4v) is 3.75. The normalized spacial score (nSPS) is 18.4. The van der Waals surface area contributed by atoms with Crippen LogP contribution in [0.25, 0.3) is 0 Å². The number of sulfonamides is 1. The van der Waals surface area contributed by atoms with E-state index in [4.69, 9.17) is 0 Å². The molecule has 1 aromatic rings. The second kappa shape index (κ2) is 6.51. The van der Waals surface area contributed by atoms with Crippen molar-refractivity contribution < 1.29 is 12.8 Å². The minimum Gasteiger partial charge on any atom is -0.310 e. The van der Waals surface area contributed by atoms with Gasteiger partial charge in [0.15, 0.2) is 0 Å². The van der Waals surface area contributed by atoms with Gasteiger partial charge in [-0.15, -0.1) is 0 Å². The van der Waals surface area contributed by atoms with Crippen molar-refractivity contribution in [1.82, 2.24) is 9.62 Å². The molecule has 1 aliphatic heterocycles. The van der Waals surface area contributed by atoms with Gasteiger partial charge in [0.05, 0.1) is 6.26 Å². The number of rotatable bonds is 4. The molecule has 1 aliphatic rings.